The zero-order valence-corrected chi connectivity index (χ0v) is 24.5. The maximum Gasteiger partial charge on any atom is 0.459 e. The summed E-state index contributed by atoms with van der Waals surface area (Å²) in [6.07, 6.45) is -1.13. The molecule has 1 aromatic carbocycles. The minimum Gasteiger partial charge on any atom is -0.462 e. The zero-order chi connectivity index (χ0) is 29.8. The first-order chi connectivity index (χ1) is 19.4. The van der Waals surface area contributed by atoms with Gasteiger partial charge in [-0.15, -0.1) is 0 Å². The molecule has 1 aliphatic heterocycles. The van der Waals surface area contributed by atoms with E-state index in [2.05, 4.69) is 25.4 Å². The summed E-state index contributed by atoms with van der Waals surface area (Å²) in [6.45, 7) is 8.13. The van der Waals surface area contributed by atoms with Gasteiger partial charge in [-0.1, -0.05) is 25.1 Å². The summed E-state index contributed by atoms with van der Waals surface area (Å²) < 4.78 is 53.5. The lowest BCUT2D eigenvalue weighted by Crippen LogP contribution is -2.41. The Balaban J connectivity index is 1.54. The second kappa shape index (κ2) is 12.8. The molecule has 0 amide bonds. The van der Waals surface area contributed by atoms with Crippen molar-refractivity contribution < 1.29 is 37.4 Å². The lowest BCUT2D eigenvalue weighted by atomic mass is 9.98. The Kier molecular flexibility index (Phi) is 9.60. The van der Waals surface area contributed by atoms with Gasteiger partial charge in [0, 0.05) is 6.54 Å². The molecule has 1 unspecified atom stereocenters. The second-order valence-corrected chi connectivity index (χ2v) is 11.8. The number of anilines is 1. The third-order valence-electron chi connectivity index (χ3n) is 6.31. The van der Waals surface area contributed by atoms with E-state index in [-0.39, 0.29) is 5.75 Å². The fourth-order valence-electron chi connectivity index (χ4n) is 4.25. The maximum absolute atomic E-state index is 16.0. The molecule has 1 fully saturated rings. The predicted octanol–water partition coefficient (Wildman–Crippen LogP) is 3.77. The van der Waals surface area contributed by atoms with Crippen LogP contribution in [0, 0.1) is 0 Å². The SMILES string of the molecule is CCCNc1ncnc2c1ncn2[C@@H]1O[C@H](COP(=O)(N[C@@H](C)C(=O)OC(C)C)Oc2ccccc2)[C@@H](O)[C@@]1(C)F. The van der Waals surface area contributed by atoms with Crippen LogP contribution in [0.25, 0.3) is 11.2 Å². The lowest BCUT2D eigenvalue weighted by Gasteiger charge is -2.25. The molecule has 3 aromatic rings. The van der Waals surface area contributed by atoms with Crippen molar-refractivity contribution in [3.63, 3.8) is 0 Å². The molecule has 4 rings (SSSR count). The Bertz CT molecular complexity index is 1370. The molecule has 224 valence electrons. The number of aromatic nitrogens is 4. The molecule has 13 nitrogen and oxygen atoms in total. The van der Waals surface area contributed by atoms with Gasteiger partial charge in [0.1, 0.15) is 30.3 Å². The van der Waals surface area contributed by atoms with Gasteiger partial charge in [-0.2, -0.15) is 5.09 Å². The molecule has 3 heterocycles. The number of benzene rings is 1. The molecule has 1 saturated heterocycles. The number of hydrogen-bond donors (Lipinski definition) is 3. The van der Waals surface area contributed by atoms with Gasteiger partial charge in [0.25, 0.3) is 0 Å². The van der Waals surface area contributed by atoms with E-state index >= 15 is 4.39 Å². The van der Waals surface area contributed by atoms with Gasteiger partial charge in [0.15, 0.2) is 28.9 Å². The summed E-state index contributed by atoms with van der Waals surface area (Å²) in [7, 11) is -4.26. The Morgan fingerprint density at radius 2 is 1.98 bits per heavy atom. The number of aliphatic hydroxyl groups is 1. The highest BCUT2D eigenvalue weighted by molar-refractivity contribution is 7.52. The molecule has 0 spiro atoms. The van der Waals surface area contributed by atoms with Crippen molar-refractivity contribution in [1.29, 1.82) is 0 Å². The first-order valence-corrected chi connectivity index (χ1v) is 14.9. The Morgan fingerprint density at radius 1 is 1.24 bits per heavy atom. The summed E-state index contributed by atoms with van der Waals surface area (Å²) in [4.78, 5) is 25.2. The molecular formula is C26H36FN6O7P. The van der Waals surface area contributed by atoms with Crippen LogP contribution in [-0.2, 0) is 23.4 Å². The third kappa shape index (κ3) is 7.02. The van der Waals surface area contributed by atoms with E-state index in [1.54, 1.807) is 44.2 Å². The first-order valence-electron chi connectivity index (χ1n) is 13.4. The van der Waals surface area contributed by atoms with Crippen LogP contribution in [0.3, 0.4) is 0 Å². The van der Waals surface area contributed by atoms with Gasteiger partial charge < -0.3 is 24.4 Å². The fraction of sp³-hybridized carbons (Fsp3) is 0.538. The van der Waals surface area contributed by atoms with Crippen LogP contribution in [0.4, 0.5) is 10.2 Å². The number of nitrogens with one attached hydrogen (secondary N) is 2. The van der Waals surface area contributed by atoms with Crippen LogP contribution in [-0.4, -0.2) is 73.8 Å². The molecule has 1 aliphatic rings. The molecule has 0 bridgehead atoms. The second-order valence-electron chi connectivity index (χ2n) is 10.1. The fourth-order valence-corrected chi connectivity index (χ4v) is 5.75. The van der Waals surface area contributed by atoms with Crippen molar-refractivity contribution in [2.24, 2.45) is 0 Å². The maximum atomic E-state index is 16.0. The number of aliphatic hydroxyl groups excluding tert-OH is 1. The number of carbonyl (C=O) groups excluding carboxylic acids is 1. The first kappa shape index (κ1) is 30.8. The van der Waals surface area contributed by atoms with Crippen molar-refractivity contribution in [1.82, 2.24) is 24.6 Å². The standard InChI is InChI=1S/C26H36FN6O7P/c1-6-12-28-22-20-23(30-14-29-22)33(15-31-20)25-26(5,27)21(34)19(39-25)13-37-41(36,40-18-10-8-7-9-11-18)32-17(4)24(35)38-16(2)3/h7-11,14-17,19,21,25,34H,6,12-13H2,1-5H3,(H,32,36)(H,28,29,30)/t17-,19+,21+,25+,26+,41?/m0/s1. The summed E-state index contributed by atoms with van der Waals surface area (Å²) in [5.41, 5.74) is -1.59. The number of ether oxygens (including phenoxy) is 2. The van der Waals surface area contributed by atoms with E-state index in [1.807, 2.05) is 6.92 Å². The number of imidazole rings is 1. The van der Waals surface area contributed by atoms with Gasteiger partial charge >= 0.3 is 13.7 Å². The highest BCUT2D eigenvalue weighted by Crippen LogP contribution is 2.48. The number of rotatable bonds is 13. The summed E-state index contributed by atoms with van der Waals surface area (Å²) in [6, 6.07) is 7.11. The Morgan fingerprint density at radius 3 is 2.66 bits per heavy atom. The average molecular weight is 595 g/mol. The smallest absolute Gasteiger partial charge is 0.459 e. The van der Waals surface area contributed by atoms with Gasteiger partial charge in [-0.05, 0) is 46.2 Å². The lowest BCUT2D eigenvalue weighted by molar-refractivity contribution is -0.149. The molecule has 0 saturated carbocycles. The number of hydrogen-bond acceptors (Lipinski definition) is 11. The van der Waals surface area contributed by atoms with Crippen molar-refractivity contribution in [2.45, 2.75) is 77.3 Å². The Labute approximate surface area is 237 Å². The van der Waals surface area contributed by atoms with Crippen LogP contribution < -0.4 is 14.9 Å². The summed E-state index contributed by atoms with van der Waals surface area (Å²) >= 11 is 0. The number of nitrogens with zero attached hydrogens (tertiary/aromatic N) is 4. The van der Waals surface area contributed by atoms with Crippen LogP contribution in [0.1, 0.15) is 47.3 Å². The number of carbonyl (C=O) groups is 1. The van der Waals surface area contributed by atoms with Gasteiger partial charge in [-0.3, -0.25) is 13.9 Å². The minimum absolute atomic E-state index is 0.200. The van der Waals surface area contributed by atoms with Crippen molar-refractivity contribution in [3.05, 3.63) is 43.0 Å². The molecule has 3 N–H and O–H groups in total. The van der Waals surface area contributed by atoms with E-state index in [0.29, 0.717) is 23.5 Å². The quantitative estimate of drug-likeness (QED) is 0.195. The topological polar surface area (TPSA) is 159 Å². The molecule has 6 atom stereocenters. The van der Waals surface area contributed by atoms with Gasteiger partial charge in [0.05, 0.1) is 19.0 Å². The van der Waals surface area contributed by atoms with E-state index < -0.39 is 56.6 Å². The summed E-state index contributed by atoms with van der Waals surface area (Å²) in [5.74, 6) is 0.0199. The van der Waals surface area contributed by atoms with Crippen molar-refractivity contribution >= 4 is 30.7 Å². The van der Waals surface area contributed by atoms with Crippen molar-refractivity contribution in [3.8, 4) is 5.75 Å². The summed E-state index contributed by atoms with van der Waals surface area (Å²) in [5, 5.41) is 16.6. The highest BCUT2D eigenvalue weighted by Gasteiger charge is 2.56. The normalized spacial score (nSPS) is 24.7. The highest BCUT2D eigenvalue weighted by atomic mass is 31.2. The van der Waals surface area contributed by atoms with Gasteiger partial charge in [-0.25, -0.2) is 23.9 Å². The number of fused-ring (bicyclic) bond motifs is 1. The molecule has 0 radical (unpaired) electrons. The molecule has 15 heteroatoms. The monoisotopic (exact) mass is 594 g/mol. The number of esters is 1. The zero-order valence-electron chi connectivity index (χ0n) is 23.6. The van der Waals surface area contributed by atoms with Crippen molar-refractivity contribution in [2.75, 3.05) is 18.5 Å². The van der Waals surface area contributed by atoms with E-state index in [9.17, 15) is 14.5 Å². The molecule has 41 heavy (non-hydrogen) atoms. The number of alkyl halides is 1. The van der Waals surface area contributed by atoms with Crippen LogP contribution in [0.2, 0.25) is 0 Å². The molecule has 2 aromatic heterocycles. The van der Waals surface area contributed by atoms with Gasteiger partial charge in [0.2, 0.25) is 0 Å². The number of para-hydroxylation sites is 1. The largest absolute Gasteiger partial charge is 0.462 e. The predicted molar refractivity (Wildman–Crippen MR) is 148 cm³/mol. The number of halogens is 1. The van der Waals surface area contributed by atoms with E-state index in [1.165, 1.54) is 31.1 Å². The van der Waals surface area contributed by atoms with E-state index in [4.69, 9.17) is 18.5 Å². The van der Waals surface area contributed by atoms with Crippen LogP contribution >= 0.6 is 7.75 Å². The van der Waals surface area contributed by atoms with E-state index in [0.717, 1.165) is 6.42 Å². The molecule has 0 aliphatic carbocycles. The third-order valence-corrected chi connectivity index (χ3v) is 7.95. The Hall–Kier alpha value is -3.16. The van der Waals surface area contributed by atoms with Crippen LogP contribution in [0.15, 0.2) is 43.0 Å². The average Bonchev–Trinajstić information content (AvgIpc) is 3.44. The minimum atomic E-state index is -4.26. The molecular weight excluding hydrogens is 558 g/mol. The van der Waals surface area contributed by atoms with Crippen LogP contribution in [0.5, 0.6) is 5.75 Å².